The lowest BCUT2D eigenvalue weighted by molar-refractivity contribution is -0.0529. The van der Waals surface area contributed by atoms with Gasteiger partial charge in [0.05, 0.1) is 0 Å². The number of rotatable bonds is 5. The highest BCUT2D eigenvalue weighted by molar-refractivity contribution is 5.74. The molecule has 1 heterocycles. The maximum Gasteiger partial charge on any atom is 0.388 e. The summed E-state index contributed by atoms with van der Waals surface area (Å²) in [5, 5.41) is 5.76. The van der Waals surface area contributed by atoms with Crippen molar-refractivity contribution in [3.8, 4) is 5.88 Å². The number of pyridine rings is 1. The zero-order valence-corrected chi connectivity index (χ0v) is 12.8. The summed E-state index contributed by atoms with van der Waals surface area (Å²) in [4.78, 5) is 15.7. The number of carbonyl (C=O) groups excluding carboxylic acids is 1. The molecule has 7 heteroatoms. The van der Waals surface area contributed by atoms with Crippen LogP contribution in [-0.4, -0.2) is 23.7 Å². The first-order valence-electron chi connectivity index (χ1n) is 8.04. The Kier molecular flexibility index (Phi) is 4.93. The number of halogens is 2. The lowest BCUT2D eigenvalue weighted by Crippen LogP contribution is -2.40. The predicted octanol–water partition coefficient (Wildman–Crippen LogP) is 3.06. The predicted molar refractivity (Wildman–Crippen MR) is 80.1 cm³/mol. The second kappa shape index (κ2) is 7.10. The van der Waals surface area contributed by atoms with Crippen LogP contribution in [0, 0.1) is 11.8 Å². The van der Waals surface area contributed by atoms with Gasteiger partial charge in [-0.25, -0.2) is 9.78 Å². The Morgan fingerprint density at radius 3 is 2.78 bits per heavy atom. The highest BCUT2D eigenvalue weighted by atomic mass is 19.3. The van der Waals surface area contributed by atoms with Crippen molar-refractivity contribution in [2.45, 2.75) is 51.3 Å². The van der Waals surface area contributed by atoms with Crippen molar-refractivity contribution in [1.82, 2.24) is 15.6 Å². The standard InChI is InChI=1S/C16H21F2N3O2/c17-15(18)23-14-6-10(4-5-19-14)9-20-16(22)21-13-7-11-2-1-3-12(11)8-13/h4-6,11-13,15H,1-3,7-9H2,(H2,20,21,22). The number of fused-ring (bicyclic) bond motifs is 1. The van der Waals surface area contributed by atoms with Gasteiger partial charge in [-0.05, 0) is 36.3 Å². The summed E-state index contributed by atoms with van der Waals surface area (Å²) in [6.45, 7) is -2.66. The van der Waals surface area contributed by atoms with Gasteiger partial charge >= 0.3 is 12.6 Å². The van der Waals surface area contributed by atoms with E-state index in [9.17, 15) is 13.6 Å². The summed E-state index contributed by atoms with van der Waals surface area (Å²) >= 11 is 0. The summed E-state index contributed by atoms with van der Waals surface area (Å²) in [6, 6.07) is 3.08. The lowest BCUT2D eigenvalue weighted by Gasteiger charge is -2.14. The van der Waals surface area contributed by atoms with Crippen molar-refractivity contribution < 1.29 is 18.3 Å². The SMILES string of the molecule is O=C(NCc1ccnc(OC(F)F)c1)NC1CC2CCCC2C1. The first kappa shape index (κ1) is 16.0. The molecule has 0 spiro atoms. The van der Waals surface area contributed by atoms with Crippen LogP contribution in [0.2, 0.25) is 0 Å². The molecule has 0 aliphatic heterocycles. The maximum absolute atomic E-state index is 12.1. The molecule has 3 rings (SSSR count). The normalized spacial score (nSPS) is 26.1. The smallest absolute Gasteiger partial charge is 0.388 e. The largest absolute Gasteiger partial charge is 0.417 e. The highest BCUT2D eigenvalue weighted by Crippen LogP contribution is 2.43. The van der Waals surface area contributed by atoms with E-state index in [0.717, 1.165) is 24.7 Å². The van der Waals surface area contributed by atoms with Gasteiger partial charge in [0.15, 0.2) is 0 Å². The number of ether oxygens (including phenoxy) is 1. The van der Waals surface area contributed by atoms with E-state index in [-0.39, 0.29) is 24.5 Å². The van der Waals surface area contributed by atoms with Crippen molar-refractivity contribution >= 4 is 6.03 Å². The number of urea groups is 1. The van der Waals surface area contributed by atoms with E-state index in [1.54, 1.807) is 6.07 Å². The molecular weight excluding hydrogens is 304 g/mol. The molecule has 5 nitrogen and oxygen atoms in total. The Morgan fingerprint density at radius 2 is 2.09 bits per heavy atom. The molecule has 0 saturated heterocycles. The molecule has 0 radical (unpaired) electrons. The first-order valence-corrected chi connectivity index (χ1v) is 8.04. The zero-order valence-electron chi connectivity index (χ0n) is 12.8. The Labute approximate surface area is 133 Å². The van der Waals surface area contributed by atoms with Gasteiger partial charge in [0.2, 0.25) is 5.88 Å². The molecule has 0 bridgehead atoms. The Morgan fingerprint density at radius 1 is 1.35 bits per heavy atom. The Hall–Kier alpha value is -1.92. The fourth-order valence-corrected chi connectivity index (χ4v) is 3.81. The number of amides is 2. The van der Waals surface area contributed by atoms with Crippen LogP contribution in [0.1, 0.15) is 37.7 Å². The van der Waals surface area contributed by atoms with E-state index in [1.165, 1.54) is 31.5 Å². The zero-order chi connectivity index (χ0) is 16.2. The van der Waals surface area contributed by atoms with Crippen LogP contribution in [0.25, 0.3) is 0 Å². The topological polar surface area (TPSA) is 63.2 Å². The highest BCUT2D eigenvalue weighted by Gasteiger charge is 2.37. The molecule has 0 aromatic carbocycles. The quantitative estimate of drug-likeness (QED) is 0.874. The first-order chi connectivity index (χ1) is 11.1. The average Bonchev–Trinajstić information content (AvgIpc) is 3.06. The molecule has 1 aromatic heterocycles. The molecule has 2 aliphatic carbocycles. The van der Waals surface area contributed by atoms with E-state index in [0.29, 0.717) is 5.56 Å². The molecule has 1 aromatic rings. The average molecular weight is 325 g/mol. The van der Waals surface area contributed by atoms with Crippen LogP contribution in [0.15, 0.2) is 18.3 Å². The van der Waals surface area contributed by atoms with Crippen molar-refractivity contribution in [1.29, 1.82) is 0 Å². The van der Waals surface area contributed by atoms with Gasteiger partial charge in [-0.2, -0.15) is 8.78 Å². The molecule has 2 unspecified atom stereocenters. The molecule has 2 amide bonds. The van der Waals surface area contributed by atoms with Crippen LogP contribution < -0.4 is 15.4 Å². The van der Waals surface area contributed by atoms with E-state index in [4.69, 9.17) is 0 Å². The third kappa shape index (κ3) is 4.30. The van der Waals surface area contributed by atoms with Gasteiger partial charge in [-0.15, -0.1) is 0 Å². The minimum Gasteiger partial charge on any atom is -0.417 e. The van der Waals surface area contributed by atoms with Gasteiger partial charge in [0, 0.05) is 24.8 Å². The van der Waals surface area contributed by atoms with Gasteiger partial charge in [0.25, 0.3) is 0 Å². The van der Waals surface area contributed by atoms with Crippen molar-refractivity contribution in [3.63, 3.8) is 0 Å². The second-order valence-corrected chi connectivity index (χ2v) is 6.33. The summed E-state index contributed by atoms with van der Waals surface area (Å²) in [5.41, 5.74) is 0.661. The summed E-state index contributed by atoms with van der Waals surface area (Å²) in [6.07, 6.45) is 7.41. The maximum atomic E-state index is 12.1. The van der Waals surface area contributed by atoms with E-state index < -0.39 is 6.61 Å². The molecule has 126 valence electrons. The van der Waals surface area contributed by atoms with E-state index >= 15 is 0 Å². The van der Waals surface area contributed by atoms with E-state index in [2.05, 4.69) is 20.4 Å². The lowest BCUT2D eigenvalue weighted by atomic mass is 10.0. The monoisotopic (exact) mass is 325 g/mol. The van der Waals surface area contributed by atoms with Gasteiger partial charge in [-0.3, -0.25) is 0 Å². The molecule has 23 heavy (non-hydrogen) atoms. The van der Waals surface area contributed by atoms with Crippen LogP contribution in [0.3, 0.4) is 0 Å². The number of hydrogen-bond donors (Lipinski definition) is 2. The third-order valence-corrected chi connectivity index (χ3v) is 4.79. The molecular formula is C16H21F2N3O2. The Balaban J connectivity index is 1.44. The molecule has 2 fully saturated rings. The number of alkyl halides is 2. The Bertz CT molecular complexity index is 544. The fraction of sp³-hybridized carbons (Fsp3) is 0.625. The fourth-order valence-electron chi connectivity index (χ4n) is 3.81. The summed E-state index contributed by atoms with van der Waals surface area (Å²) in [7, 11) is 0. The molecule has 2 saturated carbocycles. The number of hydrogen-bond acceptors (Lipinski definition) is 3. The minimum atomic E-state index is -2.91. The van der Waals surface area contributed by atoms with Crippen molar-refractivity contribution in [3.05, 3.63) is 23.9 Å². The molecule has 2 atom stereocenters. The molecule has 2 aliphatic rings. The van der Waals surface area contributed by atoms with Gasteiger partial charge in [-0.1, -0.05) is 19.3 Å². The molecule has 2 N–H and O–H groups in total. The number of carbonyl (C=O) groups is 1. The van der Waals surface area contributed by atoms with Crippen LogP contribution in [0.5, 0.6) is 5.88 Å². The summed E-state index contributed by atoms with van der Waals surface area (Å²) < 4.78 is 28.5. The van der Waals surface area contributed by atoms with Gasteiger partial charge in [0.1, 0.15) is 0 Å². The van der Waals surface area contributed by atoms with Crippen LogP contribution in [0.4, 0.5) is 13.6 Å². The third-order valence-electron chi connectivity index (χ3n) is 4.79. The second-order valence-electron chi connectivity index (χ2n) is 6.33. The van der Waals surface area contributed by atoms with Crippen molar-refractivity contribution in [2.75, 3.05) is 0 Å². The number of nitrogens with one attached hydrogen (secondary N) is 2. The summed E-state index contributed by atoms with van der Waals surface area (Å²) in [5.74, 6) is 1.40. The number of aromatic nitrogens is 1. The minimum absolute atomic E-state index is 0.150. The van der Waals surface area contributed by atoms with Gasteiger partial charge < -0.3 is 15.4 Å². The van der Waals surface area contributed by atoms with Crippen molar-refractivity contribution in [2.24, 2.45) is 11.8 Å². The number of nitrogens with zero attached hydrogens (tertiary/aromatic N) is 1. The van der Waals surface area contributed by atoms with Crippen LogP contribution >= 0.6 is 0 Å². The van der Waals surface area contributed by atoms with E-state index in [1.807, 2.05) is 0 Å². The van der Waals surface area contributed by atoms with Crippen LogP contribution in [-0.2, 0) is 6.54 Å².